The zero-order chi connectivity index (χ0) is 19.1. The zero-order valence-corrected chi connectivity index (χ0v) is 14.7. The predicted octanol–water partition coefficient (Wildman–Crippen LogP) is 3.93. The normalized spacial score (nSPS) is 11.8. The molecular weight excluding hydrogens is 338 g/mol. The number of rotatable bonds is 7. The number of non-ortho nitro benzene ring substituents is 1. The van der Waals surface area contributed by atoms with Gasteiger partial charge >= 0.3 is 5.97 Å². The van der Waals surface area contributed by atoms with Crippen LogP contribution in [0.25, 0.3) is 6.08 Å². The second kappa shape index (κ2) is 8.66. The van der Waals surface area contributed by atoms with Crippen molar-refractivity contribution >= 4 is 17.7 Å². The van der Waals surface area contributed by atoms with Crippen LogP contribution in [0.2, 0.25) is 0 Å². The van der Waals surface area contributed by atoms with Crippen LogP contribution in [-0.4, -0.2) is 25.1 Å². The van der Waals surface area contributed by atoms with Crippen molar-refractivity contribution in [1.82, 2.24) is 0 Å². The molecule has 0 bridgehead atoms. The number of hydrogen-bond donors (Lipinski definition) is 0. The van der Waals surface area contributed by atoms with Crippen LogP contribution in [0.3, 0.4) is 0 Å². The standard InChI is InChI=1S/C19H19NO6/c1-13(15-5-4-6-16(11-15)20(22)23)26-19(21)8-7-14-9-17(24-2)12-18(10-14)25-3/h4-13H,1-3H3/b8-7+/t13-/m1/s1. The van der Waals surface area contributed by atoms with Gasteiger partial charge in [-0.2, -0.15) is 0 Å². The number of nitrogens with zero attached hydrogens (tertiary/aromatic N) is 1. The van der Waals surface area contributed by atoms with E-state index in [1.165, 1.54) is 32.4 Å². The molecular formula is C19H19NO6. The topological polar surface area (TPSA) is 87.9 Å². The molecule has 0 spiro atoms. The van der Waals surface area contributed by atoms with Crippen LogP contribution in [-0.2, 0) is 9.53 Å². The van der Waals surface area contributed by atoms with E-state index in [-0.39, 0.29) is 5.69 Å². The molecule has 0 radical (unpaired) electrons. The van der Waals surface area contributed by atoms with E-state index >= 15 is 0 Å². The molecule has 0 aliphatic rings. The first-order chi connectivity index (χ1) is 12.4. The summed E-state index contributed by atoms with van der Waals surface area (Å²) in [7, 11) is 3.08. The fourth-order valence-corrected chi connectivity index (χ4v) is 2.26. The molecule has 0 aliphatic heterocycles. The van der Waals surface area contributed by atoms with Crippen LogP contribution in [0.1, 0.15) is 24.2 Å². The van der Waals surface area contributed by atoms with Crippen LogP contribution < -0.4 is 9.47 Å². The Hall–Kier alpha value is -3.35. The molecule has 136 valence electrons. The maximum absolute atomic E-state index is 12.0. The van der Waals surface area contributed by atoms with E-state index in [0.717, 1.165) is 0 Å². The van der Waals surface area contributed by atoms with E-state index in [2.05, 4.69) is 0 Å². The number of ether oxygens (including phenoxy) is 3. The van der Waals surface area contributed by atoms with Gasteiger partial charge in [-0.15, -0.1) is 0 Å². The fraction of sp³-hybridized carbons (Fsp3) is 0.211. The lowest BCUT2D eigenvalue weighted by molar-refractivity contribution is -0.385. The molecule has 2 aromatic rings. The summed E-state index contributed by atoms with van der Waals surface area (Å²) in [4.78, 5) is 22.4. The lowest BCUT2D eigenvalue weighted by Gasteiger charge is -2.12. The van der Waals surface area contributed by atoms with Crippen LogP contribution in [0.15, 0.2) is 48.5 Å². The molecule has 0 amide bonds. The summed E-state index contributed by atoms with van der Waals surface area (Å²) in [5.74, 6) is 0.635. The maximum atomic E-state index is 12.0. The van der Waals surface area contributed by atoms with Crippen molar-refractivity contribution in [3.05, 3.63) is 69.8 Å². The molecule has 0 unspecified atom stereocenters. The Labute approximate surface area is 151 Å². The Morgan fingerprint density at radius 2 is 1.77 bits per heavy atom. The van der Waals surface area contributed by atoms with Gasteiger partial charge in [-0.25, -0.2) is 4.79 Å². The Morgan fingerprint density at radius 1 is 1.12 bits per heavy atom. The molecule has 2 aromatic carbocycles. The van der Waals surface area contributed by atoms with Crippen molar-refractivity contribution in [2.24, 2.45) is 0 Å². The molecule has 0 aliphatic carbocycles. The highest BCUT2D eigenvalue weighted by Crippen LogP contribution is 2.24. The minimum Gasteiger partial charge on any atom is -0.497 e. The monoisotopic (exact) mass is 357 g/mol. The van der Waals surface area contributed by atoms with Crippen molar-refractivity contribution in [3.63, 3.8) is 0 Å². The highest BCUT2D eigenvalue weighted by Gasteiger charge is 2.13. The summed E-state index contributed by atoms with van der Waals surface area (Å²) < 4.78 is 15.6. The van der Waals surface area contributed by atoms with Crippen molar-refractivity contribution in [3.8, 4) is 11.5 Å². The van der Waals surface area contributed by atoms with Crippen molar-refractivity contribution < 1.29 is 23.9 Å². The van der Waals surface area contributed by atoms with E-state index < -0.39 is 17.0 Å². The SMILES string of the molecule is COc1cc(/C=C/C(=O)O[C@H](C)c2cccc([N+](=O)[O-])c2)cc(OC)c1. The van der Waals surface area contributed by atoms with Gasteiger partial charge in [0, 0.05) is 24.3 Å². The summed E-state index contributed by atoms with van der Waals surface area (Å²) in [5.41, 5.74) is 1.20. The number of methoxy groups -OCH3 is 2. The van der Waals surface area contributed by atoms with Gasteiger partial charge in [-0.1, -0.05) is 12.1 Å². The first-order valence-electron chi connectivity index (χ1n) is 7.79. The largest absolute Gasteiger partial charge is 0.497 e. The second-order valence-corrected chi connectivity index (χ2v) is 5.41. The Morgan fingerprint density at radius 3 is 2.35 bits per heavy atom. The van der Waals surface area contributed by atoms with Gasteiger partial charge in [0.25, 0.3) is 5.69 Å². The maximum Gasteiger partial charge on any atom is 0.331 e. The van der Waals surface area contributed by atoms with Crippen LogP contribution in [0.5, 0.6) is 11.5 Å². The van der Waals surface area contributed by atoms with Crippen molar-refractivity contribution in [2.45, 2.75) is 13.0 Å². The highest BCUT2D eigenvalue weighted by atomic mass is 16.6. The molecule has 26 heavy (non-hydrogen) atoms. The van der Waals surface area contributed by atoms with Gasteiger partial charge in [-0.05, 0) is 36.3 Å². The van der Waals surface area contributed by atoms with Gasteiger partial charge in [0.2, 0.25) is 0 Å². The number of nitro benzene ring substituents is 1. The van der Waals surface area contributed by atoms with Gasteiger partial charge in [0.15, 0.2) is 0 Å². The summed E-state index contributed by atoms with van der Waals surface area (Å²) in [6.07, 6.45) is 2.24. The summed E-state index contributed by atoms with van der Waals surface area (Å²) in [6.45, 7) is 1.65. The zero-order valence-electron chi connectivity index (χ0n) is 14.7. The van der Waals surface area contributed by atoms with Gasteiger partial charge in [0.05, 0.1) is 19.1 Å². The van der Waals surface area contributed by atoms with E-state index in [0.29, 0.717) is 22.6 Å². The minimum atomic E-state index is -0.619. The molecule has 7 heteroatoms. The summed E-state index contributed by atoms with van der Waals surface area (Å²) in [6, 6.07) is 11.2. The lowest BCUT2D eigenvalue weighted by atomic mass is 10.1. The average Bonchev–Trinajstić information content (AvgIpc) is 2.66. The molecule has 0 saturated carbocycles. The van der Waals surface area contributed by atoms with Gasteiger partial charge < -0.3 is 14.2 Å². The second-order valence-electron chi connectivity index (χ2n) is 5.41. The smallest absolute Gasteiger partial charge is 0.331 e. The number of benzene rings is 2. The quantitative estimate of drug-likeness (QED) is 0.323. The van der Waals surface area contributed by atoms with E-state index in [1.54, 1.807) is 43.3 Å². The number of carbonyl (C=O) groups is 1. The van der Waals surface area contributed by atoms with E-state index in [9.17, 15) is 14.9 Å². The summed E-state index contributed by atoms with van der Waals surface area (Å²) >= 11 is 0. The fourth-order valence-electron chi connectivity index (χ4n) is 2.26. The lowest BCUT2D eigenvalue weighted by Crippen LogP contribution is -2.06. The average molecular weight is 357 g/mol. The molecule has 0 aromatic heterocycles. The Kier molecular flexibility index (Phi) is 6.32. The molecule has 0 fully saturated rings. The van der Waals surface area contributed by atoms with Crippen molar-refractivity contribution in [1.29, 1.82) is 0 Å². The van der Waals surface area contributed by atoms with Crippen LogP contribution in [0.4, 0.5) is 5.69 Å². The number of carbonyl (C=O) groups excluding carboxylic acids is 1. The number of nitro groups is 1. The third-order valence-corrected chi connectivity index (χ3v) is 3.63. The molecule has 7 nitrogen and oxygen atoms in total. The third kappa shape index (κ3) is 5.07. The first kappa shape index (κ1) is 19.0. The predicted molar refractivity (Wildman–Crippen MR) is 96.2 cm³/mol. The molecule has 1 atom stereocenters. The van der Waals surface area contributed by atoms with Gasteiger partial charge in [0.1, 0.15) is 17.6 Å². The Balaban J connectivity index is 2.07. The Bertz CT molecular complexity index is 808. The van der Waals surface area contributed by atoms with E-state index in [1.807, 2.05) is 0 Å². The highest BCUT2D eigenvalue weighted by molar-refractivity contribution is 5.87. The van der Waals surface area contributed by atoms with Crippen molar-refractivity contribution in [2.75, 3.05) is 14.2 Å². The number of hydrogen-bond acceptors (Lipinski definition) is 6. The van der Waals surface area contributed by atoms with Crippen LogP contribution in [0, 0.1) is 10.1 Å². The molecule has 0 saturated heterocycles. The number of esters is 1. The van der Waals surface area contributed by atoms with Crippen LogP contribution >= 0.6 is 0 Å². The molecule has 0 N–H and O–H groups in total. The van der Waals surface area contributed by atoms with E-state index in [4.69, 9.17) is 14.2 Å². The van der Waals surface area contributed by atoms with Gasteiger partial charge in [-0.3, -0.25) is 10.1 Å². The first-order valence-corrected chi connectivity index (χ1v) is 7.79. The summed E-state index contributed by atoms with van der Waals surface area (Å²) in [5, 5.41) is 10.8. The molecule has 0 heterocycles. The third-order valence-electron chi connectivity index (χ3n) is 3.63. The minimum absolute atomic E-state index is 0.0515. The molecule has 2 rings (SSSR count).